The Bertz CT molecular complexity index is 893. The Balaban J connectivity index is 2.17. The molecule has 1 aromatic carbocycles. The Hall–Kier alpha value is -2.25. The number of thioether (sulfide) groups is 1. The van der Waals surface area contributed by atoms with Gasteiger partial charge in [0.2, 0.25) is 0 Å². The second-order valence-corrected chi connectivity index (χ2v) is 8.03. The molecule has 3 rings (SSSR count). The van der Waals surface area contributed by atoms with E-state index in [9.17, 15) is 9.90 Å². The van der Waals surface area contributed by atoms with Crippen molar-refractivity contribution in [3.8, 4) is 23.6 Å². The van der Waals surface area contributed by atoms with E-state index in [0.717, 1.165) is 29.0 Å². The first-order chi connectivity index (χ1) is 11.9. The number of benzene rings is 1. The number of fused-ring (bicyclic) bond motifs is 1. The zero-order valence-corrected chi connectivity index (χ0v) is 15.5. The van der Waals surface area contributed by atoms with Crippen LogP contribution in [0.5, 0.6) is 0 Å². The minimum atomic E-state index is -1.04. The summed E-state index contributed by atoms with van der Waals surface area (Å²) in [5, 5.41) is 9.35. The van der Waals surface area contributed by atoms with Gasteiger partial charge in [-0.1, -0.05) is 32.9 Å². The molecule has 0 aliphatic carbocycles. The standard InChI is InChI=1S/C21H21NO2S/c1-5-13-11-15(20(23)24)17(6-2)22-19(13)14-7-8-16-18(12-14)25-10-9-21(16,3)4/h2,7-8,11-12H,5,9-10H2,1,3-4H3,(H,23,24). The molecule has 0 unspecified atom stereocenters. The largest absolute Gasteiger partial charge is 0.478 e. The lowest BCUT2D eigenvalue weighted by atomic mass is 9.81. The molecule has 0 radical (unpaired) electrons. The lowest BCUT2D eigenvalue weighted by molar-refractivity contribution is 0.0696. The number of aryl methyl sites for hydroxylation is 1. The third-order valence-electron chi connectivity index (χ3n) is 4.82. The highest BCUT2D eigenvalue weighted by Gasteiger charge is 2.28. The predicted molar refractivity (Wildman–Crippen MR) is 102 cm³/mol. The van der Waals surface area contributed by atoms with Gasteiger partial charge >= 0.3 is 5.97 Å². The second-order valence-electron chi connectivity index (χ2n) is 6.89. The number of aromatic nitrogens is 1. The summed E-state index contributed by atoms with van der Waals surface area (Å²) in [6, 6.07) is 8.09. The van der Waals surface area contributed by atoms with Gasteiger partial charge < -0.3 is 5.11 Å². The molecule has 4 heteroatoms. The summed E-state index contributed by atoms with van der Waals surface area (Å²) in [6.07, 6.45) is 7.35. The van der Waals surface area contributed by atoms with E-state index in [-0.39, 0.29) is 16.7 Å². The van der Waals surface area contributed by atoms with Crippen LogP contribution in [0.4, 0.5) is 0 Å². The van der Waals surface area contributed by atoms with Gasteiger partial charge in [-0.3, -0.25) is 0 Å². The highest BCUT2D eigenvalue weighted by molar-refractivity contribution is 7.99. The molecule has 0 amide bonds. The number of hydrogen-bond acceptors (Lipinski definition) is 3. The number of terminal acetylenes is 1. The van der Waals surface area contributed by atoms with Crippen molar-refractivity contribution in [2.75, 3.05) is 5.75 Å². The number of carbonyl (C=O) groups is 1. The van der Waals surface area contributed by atoms with Crippen LogP contribution in [-0.4, -0.2) is 21.8 Å². The van der Waals surface area contributed by atoms with E-state index in [1.165, 1.54) is 10.5 Å². The summed E-state index contributed by atoms with van der Waals surface area (Å²) in [7, 11) is 0. The molecule has 1 N–H and O–H groups in total. The highest BCUT2D eigenvalue weighted by Crippen LogP contribution is 2.43. The molecule has 128 valence electrons. The SMILES string of the molecule is C#Cc1nc(-c2ccc3c(c2)SCCC3(C)C)c(CC)cc1C(=O)O. The van der Waals surface area contributed by atoms with Gasteiger partial charge in [0.05, 0.1) is 11.3 Å². The molecular weight excluding hydrogens is 330 g/mol. The van der Waals surface area contributed by atoms with E-state index >= 15 is 0 Å². The molecular formula is C21H21NO2S. The first kappa shape index (κ1) is 17.6. The van der Waals surface area contributed by atoms with Crippen molar-refractivity contribution in [3.05, 3.63) is 46.6 Å². The number of rotatable bonds is 3. The molecule has 0 saturated carbocycles. The van der Waals surface area contributed by atoms with Crippen LogP contribution in [0.1, 0.15) is 54.4 Å². The first-order valence-corrected chi connectivity index (χ1v) is 9.37. The molecule has 0 spiro atoms. The fourth-order valence-corrected chi connectivity index (χ4v) is 4.79. The second kappa shape index (κ2) is 6.57. The van der Waals surface area contributed by atoms with Gasteiger partial charge in [-0.15, -0.1) is 18.2 Å². The third kappa shape index (κ3) is 3.17. The maximum atomic E-state index is 11.4. The van der Waals surface area contributed by atoms with Gasteiger partial charge in [0.25, 0.3) is 0 Å². The Morgan fingerprint density at radius 1 is 1.40 bits per heavy atom. The molecule has 25 heavy (non-hydrogen) atoms. The molecule has 0 fully saturated rings. The highest BCUT2D eigenvalue weighted by atomic mass is 32.2. The Morgan fingerprint density at radius 3 is 2.80 bits per heavy atom. The zero-order chi connectivity index (χ0) is 18.2. The van der Waals surface area contributed by atoms with Crippen LogP contribution in [0.2, 0.25) is 0 Å². The van der Waals surface area contributed by atoms with E-state index in [2.05, 4.69) is 43.0 Å². The normalized spacial score (nSPS) is 15.3. The fourth-order valence-electron chi connectivity index (χ4n) is 3.25. The van der Waals surface area contributed by atoms with Crippen molar-refractivity contribution in [1.82, 2.24) is 4.98 Å². The average Bonchev–Trinajstić information content (AvgIpc) is 2.59. The van der Waals surface area contributed by atoms with Crippen molar-refractivity contribution < 1.29 is 9.90 Å². The van der Waals surface area contributed by atoms with Crippen LogP contribution in [0.15, 0.2) is 29.2 Å². The van der Waals surface area contributed by atoms with Crippen LogP contribution < -0.4 is 0 Å². The molecule has 0 saturated heterocycles. The van der Waals surface area contributed by atoms with Crippen LogP contribution >= 0.6 is 11.8 Å². The minimum absolute atomic E-state index is 0.0940. The maximum absolute atomic E-state index is 11.4. The van der Waals surface area contributed by atoms with Crippen LogP contribution in [-0.2, 0) is 11.8 Å². The van der Waals surface area contributed by atoms with Crippen LogP contribution in [0, 0.1) is 12.3 Å². The van der Waals surface area contributed by atoms with Gasteiger partial charge in [-0.25, -0.2) is 9.78 Å². The molecule has 2 aromatic rings. The number of aromatic carboxylic acids is 1. The zero-order valence-electron chi connectivity index (χ0n) is 14.7. The Morgan fingerprint density at radius 2 is 2.16 bits per heavy atom. The maximum Gasteiger partial charge on any atom is 0.338 e. The molecule has 0 atom stereocenters. The Labute approximate surface area is 152 Å². The minimum Gasteiger partial charge on any atom is -0.478 e. The van der Waals surface area contributed by atoms with Crippen molar-refractivity contribution in [3.63, 3.8) is 0 Å². The van der Waals surface area contributed by atoms with Gasteiger partial charge in [-0.2, -0.15) is 0 Å². The van der Waals surface area contributed by atoms with Crippen LogP contribution in [0.25, 0.3) is 11.3 Å². The van der Waals surface area contributed by atoms with Gasteiger partial charge in [0, 0.05) is 10.5 Å². The summed E-state index contributed by atoms with van der Waals surface area (Å²) in [6.45, 7) is 6.55. The van der Waals surface area contributed by atoms with E-state index < -0.39 is 5.97 Å². The van der Waals surface area contributed by atoms with E-state index in [0.29, 0.717) is 6.42 Å². The number of carboxylic acid groups (broad SMARTS) is 1. The summed E-state index contributed by atoms with van der Waals surface area (Å²) in [4.78, 5) is 17.2. The van der Waals surface area contributed by atoms with Gasteiger partial charge in [0.15, 0.2) is 0 Å². The lowest BCUT2D eigenvalue weighted by Gasteiger charge is -2.32. The van der Waals surface area contributed by atoms with Crippen molar-refractivity contribution in [2.24, 2.45) is 0 Å². The number of nitrogens with zero attached hydrogens (tertiary/aromatic N) is 1. The van der Waals surface area contributed by atoms with E-state index in [1.807, 2.05) is 18.7 Å². The number of carboxylic acids is 1. The summed E-state index contributed by atoms with van der Waals surface area (Å²) < 4.78 is 0. The van der Waals surface area contributed by atoms with Crippen molar-refractivity contribution in [2.45, 2.75) is 43.9 Å². The lowest BCUT2D eigenvalue weighted by Crippen LogP contribution is -2.22. The average molecular weight is 351 g/mol. The molecule has 1 aromatic heterocycles. The van der Waals surface area contributed by atoms with Gasteiger partial charge in [-0.05, 0) is 53.2 Å². The molecule has 0 bridgehead atoms. The van der Waals surface area contributed by atoms with E-state index in [4.69, 9.17) is 6.42 Å². The third-order valence-corrected chi connectivity index (χ3v) is 5.88. The molecule has 1 aliphatic rings. The quantitative estimate of drug-likeness (QED) is 0.810. The monoisotopic (exact) mass is 351 g/mol. The van der Waals surface area contributed by atoms with Crippen LogP contribution in [0.3, 0.4) is 0 Å². The smallest absolute Gasteiger partial charge is 0.338 e. The molecule has 2 heterocycles. The topological polar surface area (TPSA) is 50.2 Å². The predicted octanol–water partition coefficient (Wildman–Crippen LogP) is 4.76. The summed E-state index contributed by atoms with van der Waals surface area (Å²) in [5.41, 5.74) is 4.50. The summed E-state index contributed by atoms with van der Waals surface area (Å²) in [5.74, 6) is 2.48. The van der Waals surface area contributed by atoms with Gasteiger partial charge in [0.1, 0.15) is 5.69 Å². The fraction of sp³-hybridized carbons (Fsp3) is 0.333. The molecule has 1 aliphatic heterocycles. The Kier molecular flexibility index (Phi) is 4.62. The van der Waals surface area contributed by atoms with Crippen molar-refractivity contribution >= 4 is 17.7 Å². The van der Waals surface area contributed by atoms with E-state index in [1.54, 1.807) is 6.07 Å². The summed E-state index contributed by atoms with van der Waals surface area (Å²) >= 11 is 1.87. The van der Waals surface area contributed by atoms with Crippen molar-refractivity contribution in [1.29, 1.82) is 0 Å². The number of hydrogen-bond donors (Lipinski definition) is 1. The number of pyridine rings is 1. The molecule has 3 nitrogen and oxygen atoms in total. The first-order valence-electron chi connectivity index (χ1n) is 8.39.